The molecule has 104 valence electrons. The zero-order chi connectivity index (χ0) is 13.9. The van der Waals surface area contributed by atoms with E-state index in [1.54, 1.807) is 18.2 Å². The van der Waals surface area contributed by atoms with Gasteiger partial charge in [-0.05, 0) is 37.0 Å². The molecule has 1 fully saturated rings. The van der Waals surface area contributed by atoms with Crippen molar-refractivity contribution in [2.75, 3.05) is 0 Å². The Morgan fingerprint density at radius 1 is 1.47 bits per heavy atom. The first-order valence-corrected chi connectivity index (χ1v) is 7.23. The molecule has 4 heteroatoms. The second-order valence-electron chi connectivity index (χ2n) is 5.20. The molecule has 1 aliphatic carbocycles. The van der Waals surface area contributed by atoms with Crippen molar-refractivity contribution < 1.29 is 9.90 Å². The van der Waals surface area contributed by atoms with E-state index in [2.05, 4.69) is 5.32 Å². The van der Waals surface area contributed by atoms with Crippen molar-refractivity contribution in [3.8, 4) is 0 Å². The highest BCUT2D eigenvalue weighted by Crippen LogP contribution is 2.31. The number of hydrogen-bond acceptors (Lipinski definition) is 2. The number of halogens is 1. The van der Waals surface area contributed by atoms with Gasteiger partial charge in [-0.1, -0.05) is 43.5 Å². The largest absolute Gasteiger partial charge is 0.480 e. The topological polar surface area (TPSA) is 49.3 Å². The molecule has 0 saturated heterocycles. The Balaban J connectivity index is 2.35. The van der Waals surface area contributed by atoms with Gasteiger partial charge in [-0.3, -0.25) is 5.32 Å². The summed E-state index contributed by atoms with van der Waals surface area (Å²) in [5.74, 6) is -0.829. The van der Waals surface area contributed by atoms with Gasteiger partial charge in [0.2, 0.25) is 0 Å². The number of hydrogen-bond donors (Lipinski definition) is 2. The lowest BCUT2D eigenvalue weighted by Crippen LogP contribution is -2.52. The first-order chi connectivity index (χ1) is 9.08. The molecule has 1 aromatic rings. The predicted octanol–water partition coefficient (Wildman–Crippen LogP) is 3.56. The summed E-state index contributed by atoms with van der Waals surface area (Å²) in [5.41, 5.74) is -0.290. The SMILES string of the molecule is CCC(NC1CCCC1)(C(=O)O)c1cccc(Cl)c1. The highest BCUT2D eigenvalue weighted by atomic mass is 35.5. The zero-order valence-corrected chi connectivity index (χ0v) is 11.9. The van der Waals surface area contributed by atoms with Crippen LogP contribution in [0, 0.1) is 0 Å². The van der Waals surface area contributed by atoms with Gasteiger partial charge >= 0.3 is 5.97 Å². The third-order valence-corrected chi connectivity index (χ3v) is 4.25. The van der Waals surface area contributed by atoms with Crippen molar-refractivity contribution in [2.45, 2.75) is 50.6 Å². The summed E-state index contributed by atoms with van der Waals surface area (Å²) in [5, 5.41) is 13.7. The quantitative estimate of drug-likeness (QED) is 0.867. The van der Waals surface area contributed by atoms with Crippen molar-refractivity contribution in [1.29, 1.82) is 0 Å². The van der Waals surface area contributed by atoms with Gasteiger partial charge in [0.05, 0.1) is 0 Å². The predicted molar refractivity (Wildman–Crippen MR) is 76.4 cm³/mol. The number of rotatable bonds is 5. The minimum Gasteiger partial charge on any atom is -0.480 e. The molecule has 0 aliphatic heterocycles. The van der Waals surface area contributed by atoms with Crippen LogP contribution in [0.1, 0.15) is 44.6 Å². The lowest BCUT2D eigenvalue weighted by atomic mass is 9.86. The Bertz CT molecular complexity index is 457. The number of benzene rings is 1. The molecule has 0 spiro atoms. The smallest absolute Gasteiger partial charge is 0.328 e. The molecule has 2 N–H and O–H groups in total. The van der Waals surface area contributed by atoms with Gasteiger partial charge in [-0.2, -0.15) is 0 Å². The molecule has 1 unspecified atom stereocenters. The summed E-state index contributed by atoms with van der Waals surface area (Å²) in [6.45, 7) is 1.90. The first kappa shape index (κ1) is 14.4. The van der Waals surface area contributed by atoms with Gasteiger partial charge in [0.25, 0.3) is 0 Å². The van der Waals surface area contributed by atoms with Crippen LogP contribution in [0.25, 0.3) is 0 Å². The maximum absolute atomic E-state index is 11.8. The number of nitrogens with one attached hydrogen (secondary N) is 1. The van der Waals surface area contributed by atoms with E-state index in [1.807, 2.05) is 13.0 Å². The van der Waals surface area contributed by atoms with Crippen molar-refractivity contribution in [3.05, 3.63) is 34.9 Å². The number of carboxylic acid groups (broad SMARTS) is 1. The van der Waals surface area contributed by atoms with E-state index in [4.69, 9.17) is 11.6 Å². The minimum absolute atomic E-state index is 0.287. The Morgan fingerprint density at radius 3 is 2.68 bits per heavy atom. The number of carbonyl (C=O) groups is 1. The van der Waals surface area contributed by atoms with Gasteiger partial charge in [0.15, 0.2) is 0 Å². The molecule has 0 amide bonds. The van der Waals surface area contributed by atoms with Crippen LogP contribution in [0.3, 0.4) is 0 Å². The van der Waals surface area contributed by atoms with E-state index in [0.29, 0.717) is 11.4 Å². The van der Waals surface area contributed by atoms with Crippen LogP contribution in [0.4, 0.5) is 0 Å². The van der Waals surface area contributed by atoms with Crippen LogP contribution >= 0.6 is 11.6 Å². The maximum atomic E-state index is 11.8. The third-order valence-electron chi connectivity index (χ3n) is 4.02. The molecule has 2 rings (SSSR count). The molecular weight excluding hydrogens is 262 g/mol. The van der Waals surface area contributed by atoms with Gasteiger partial charge in [-0.15, -0.1) is 0 Å². The molecule has 0 radical (unpaired) electrons. The summed E-state index contributed by atoms with van der Waals surface area (Å²) in [4.78, 5) is 11.8. The summed E-state index contributed by atoms with van der Waals surface area (Å²) in [7, 11) is 0. The van der Waals surface area contributed by atoms with Crippen molar-refractivity contribution in [1.82, 2.24) is 5.32 Å². The Hall–Kier alpha value is -1.06. The Kier molecular flexibility index (Phi) is 4.48. The van der Waals surface area contributed by atoms with Crippen LogP contribution in [-0.4, -0.2) is 17.1 Å². The highest BCUT2D eigenvalue weighted by molar-refractivity contribution is 6.30. The van der Waals surface area contributed by atoms with Crippen LogP contribution < -0.4 is 5.32 Å². The molecule has 1 aliphatic rings. The van der Waals surface area contributed by atoms with Crippen molar-refractivity contribution in [3.63, 3.8) is 0 Å². The van der Waals surface area contributed by atoms with Crippen molar-refractivity contribution in [2.24, 2.45) is 0 Å². The molecular formula is C15H20ClNO2. The highest BCUT2D eigenvalue weighted by Gasteiger charge is 2.40. The average molecular weight is 282 g/mol. The average Bonchev–Trinajstić information content (AvgIpc) is 2.88. The van der Waals surface area contributed by atoms with Gasteiger partial charge in [0.1, 0.15) is 5.54 Å². The standard InChI is InChI=1S/C15H20ClNO2/c1-2-15(14(18)19,17-13-8-3-4-9-13)11-6-5-7-12(16)10-11/h5-7,10,13,17H,2-4,8-9H2,1H3,(H,18,19). The fourth-order valence-corrected chi connectivity index (χ4v) is 3.09. The number of aliphatic carboxylic acids is 1. The fourth-order valence-electron chi connectivity index (χ4n) is 2.90. The molecule has 19 heavy (non-hydrogen) atoms. The summed E-state index contributed by atoms with van der Waals surface area (Å²) >= 11 is 6.01. The van der Waals surface area contributed by atoms with Crippen LogP contribution in [-0.2, 0) is 10.3 Å². The van der Waals surface area contributed by atoms with Gasteiger partial charge in [0, 0.05) is 11.1 Å². The van der Waals surface area contributed by atoms with Crippen LogP contribution in [0.15, 0.2) is 24.3 Å². The number of carboxylic acids is 1. The van der Waals surface area contributed by atoms with Crippen molar-refractivity contribution >= 4 is 17.6 Å². The van der Waals surface area contributed by atoms with Gasteiger partial charge < -0.3 is 5.11 Å². The molecule has 3 nitrogen and oxygen atoms in total. The van der Waals surface area contributed by atoms with E-state index < -0.39 is 11.5 Å². The van der Waals surface area contributed by atoms with E-state index in [1.165, 1.54) is 12.8 Å². The summed E-state index contributed by atoms with van der Waals surface area (Å²) in [6, 6.07) is 7.45. The molecule has 1 atom stereocenters. The third kappa shape index (κ3) is 2.93. The minimum atomic E-state index is -1.03. The van der Waals surface area contributed by atoms with E-state index in [-0.39, 0.29) is 6.04 Å². The summed E-state index contributed by atoms with van der Waals surface area (Å²) < 4.78 is 0. The van der Waals surface area contributed by atoms with E-state index >= 15 is 0 Å². The molecule has 0 bridgehead atoms. The second-order valence-corrected chi connectivity index (χ2v) is 5.64. The molecule has 1 saturated carbocycles. The first-order valence-electron chi connectivity index (χ1n) is 6.85. The van der Waals surface area contributed by atoms with Gasteiger partial charge in [-0.25, -0.2) is 4.79 Å². The lowest BCUT2D eigenvalue weighted by molar-refractivity contribution is -0.146. The van der Waals surface area contributed by atoms with Crippen LogP contribution in [0.5, 0.6) is 0 Å². The zero-order valence-electron chi connectivity index (χ0n) is 11.2. The second kappa shape index (κ2) is 5.93. The Morgan fingerprint density at radius 2 is 2.16 bits per heavy atom. The van der Waals surface area contributed by atoms with E-state index in [9.17, 15) is 9.90 Å². The Labute approximate surface area is 119 Å². The maximum Gasteiger partial charge on any atom is 0.328 e. The van der Waals surface area contributed by atoms with Crippen LogP contribution in [0.2, 0.25) is 5.02 Å². The molecule has 0 heterocycles. The molecule has 1 aromatic carbocycles. The summed E-state index contributed by atoms with van der Waals surface area (Å²) in [6.07, 6.45) is 4.95. The lowest BCUT2D eigenvalue weighted by Gasteiger charge is -2.33. The normalized spacial score (nSPS) is 19.3. The monoisotopic (exact) mass is 281 g/mol. The fraction of sp³-hybridized carbons (Fsp3) is 0.533. The van der Waals surface area contributed by atoms with E-state index in [0.717, 1.165) is 18.4 Å². The molecule has 0 aromatic heterocycles.